The molecule has 0 spiro atoms. The molecule has 4 heterocycles. The molecule has 6 heteroatoms. The lowest BCUT2D eigenvalue weighted by atomic mass is 9.92. The Labute approximate surface area is 857 Å². The summed E-state index contributed by atoms with van der Waals surface area (Å²) in [7, 11) is 0. The smallest absolute Gasteiger partial charge is 0.143 e. The van der Waals surface area contributed by atoms with E-state index < -0.39 is 0 Å². The quantitative estimate of drug-likeness (QED) is 0.0763. The maximum Gasteiger partial charge on any atom is 0.143 e. The van der Waals surface area contributed by atoms with Crippen LogP contribution in [0, 0.1) is 0 Å². The zero-order valence-electron chi connectivity index (χ0n) is 80.7. The summed E-state index contributed by atoms with van der Waals surface area (Å²) in [6.07, 6.45) is 0. The summed E-state index contributed by atoms with van der Waals surface area (Å²) in [4.78, 5) is 4.79. The van der Waals surface area contributed by atoms with Gasteiger partial charge in [0.1, 0.15) is 22.3 Å². The van der Waals surface area contributed by atoms with Crippen LogP contribution >= 0.6 is 0 Å². The van der Waals surface area contributed by atoms with Crippen molar-refractivity contribution in [1.29, 1.82) is 0 Å². The maximum absolute atomic E-state index is 7.01. The van der Waals surface area contributed by atoms with Crippen LogP contribution in [0.2, 0.25) is 0 Å². The molecule has 0 N–H and O–H groups in total. The van der Waals surface area contributed by atoms with Gasteiger partial charge in [0, 0.05) is 99.3 Å². The second-order valence-corrected chi connectivity index (χ2v) is 38.4. The van der Waals surface area contributed by atoms with Crippen LogP contribution in [0.25, 0.3) is 243 Å². The molecule has 0 saturated heterocycles. The standard InChI is InChI=1S/C142H92N4O2/c1-2-27-93(28-3-1)94-53-59-102(60-54-94)116-31-8-17-44-131(116)144(113-87-77-101(78-88-113)115-30-5-7-33-121(115)123-35-10-19-46-133(123)146-136-49-22-13-38-126(136)127-39-14-23-50-137(127)146)112-83-71-98(72-84-112)96-57-63-104(64-58-96)119-90-89-117(140-130-41-16-25-52-139(130)148-142(119)140)108-68-67-106-91-105(65-66-107(106)92-108)99-73-81-110(82-74-99)143(109-79-69-97(70-80-109)95-55-61-103(62-56-95)118-42-26-43-129-128-40-15-24-51-138(128)147-141(118)129)111-85-75-100(76-86-111)114-29-4-6-32-120(114)122-34-9-18-45-132(122)145-134-47-20-11-36-124(134)125-37-12-21-48-135(125)145/h1-92H. The molecule has 6 nitrogen and oxygen atoms in total. The van der Waals surface area contributed by atoms with E-state index in [-0.39, 0.29) is 0 Å². The van der Waals surface area contributed by atoms with Crippen LogP contribution in [-0.2, 0) is 0 Å². The van der Waals surface area contributed by atoms with Crippen LogP contribution in [0.4, 0.5) is 34.1 Å². The minimum absolute atomic E-state index is 0.852. The van der Waals surface area contributed by atoms with Crippen LogP contribution in [-0.4, -0.2) is 9.13 Å². The van der Waals surface area contributed by atoms with Crippen molar-refractivity contribution >= 4 is 132 Å². The van der Waals surface area contributed by atoms with Crippen LogP contribution < -0.4 is 9.80 Å². The van der Waals surface area contributed by atoms with Gasteiger partial charge < -0.3 is 27.8 Å². The Kier molecular flexibility index (Phi) is 21.2. The van der Waals surface area contributed by atoms with Crippen LogP contribution in [0.3, 0.4) is 0 Å². The van der Waals surface area contributed by atoms with Gasteiger partial charge in [0.2, 0.25) is 0 Å². The van der Waals surface area contributed by atoms with E-state index >= 15 is 0 Å². The monoisotopic (exact) mass is 1880 g/mol. The molecule has 0 aliphatic heterocycles. The first-order valence-electron chi connectivity index (χ1n) is 50.7. The fourth-order valence-corrected chi connectivity index (χ4v) is 22.9. The Bertz CT molecular complexity index is 9880. The van der Waals surface area contributed by atoms with Crippen molar-refractivity contribution in [2.75, 3.05) is 9.80 Å². The largest absolute Gasteiger partial charge is 0.455 e. The summed E-state index contributed by atoms with van der Waals surface area (Å²) in [5, 5.41) is 11.7. The van der Waals surface area contributed by atoms with Crippen molar-refractivity contribution in [3.63, 3.8) is 0 Å². The Morgan fingerprint density at radius 2 is 0.432 bits per heavy atom. The van der Waals surface area contributed by atoms with Gasteiger partial charge in [-0.15, -0.1) is 0 Å². The van der Waals surface area contributed by atoms with E-state index in [1.54, 1.807) is 0 Å². The topological polar surface area (TPSA) is 42.6 Å². The second-order valence-electron chi connectivity index (χ2n) is 38.4. The van der Waals surface area contributed by atoms with E-state index in [0.717, 1.165) is 223 Å². The van der Waals surface area contributed by atoms with Crippen LogP contribution in [0.15, 0.2) is 567 Å². The third-order valence-corrected chi connectivity index (χ3v) is 30.1. The zero-order chi connectivity index (χ0) is 97.6. The van der Waals surface area contributed by atoms with Gasteiger partial charge >= 0.3 is 0 Å². The number of hydrogen-bond donors (Lipinski definition) is 0. The molecule has 24 aromatic carbocycles. The van der Waals surface area contributed by atoms with Crippen molar-refractivity contribution in [2.45, 2.75) is 0 Å². The van der Waals surface area contributed by atoms with Gasteiger partial charge in [-0.2, -0.15) is 0 Å². The number of hydrogen-bond acceptors (Lipinski definition) is 4. The Morgan fingerprint density at radius 1 is 0.149 bits per heavy atom. The highest BCUT2D eigenvalue weighted by Crippen LogP contribution is 2.51. The summed E-state index contributed by atoms with van der Waals surface area (Å²) < 4.78 is 18.4. The van der Waals surface area contributed by atoms with Crippen molar-refractivity contribution in [1.82, 2.24) is 9.13 Å². The van der Waals surface area contributed by atoms with Gasteiger partial charge in [0.15, 0.2) is 0 Å². The highest BCUT2D eigenvalue weighted by atomic mass is 16.3. The molecule has 148 heavy (non-hydrogen) atoms. The predicted octanol–water partition coefficient (Wildman–Crippen LogP) is 39.8. The van der Waals surface area contributed by atoms with E-state index in [9.17, 15) is 0 Å². The molecule has 0 aliphatic carbocycles. The fraction of sp³-hybridized carbons (Fsp3) is 0. The minimum Gasteiger partial charge on any atom is -0.455 e. The molecule has 0 unspecified atom stereocenters. The van der Waals surface area contributed by atoms with Crippen molar-refractivity contribution < 1.29 is 8.83 Å². The molecule has 28 aromatic rings. The van der Waals surface area contributed by atoms with Crippen LogP contribution in [0.5, 0.6) is 0 Å². The molecule has 0 saturated carbocycles. The van der Waals surface area contributed by atoms with E-state index in [4.69, 9.17) is 8.83 Å². The number of para-hydroxylation sites is 10. The normalized spacial score (nSPS) is 11.6. The average molecular weight is 1890 g/mol. The molecule has 0 radical (unpaired) electrons. The number of fused-ring (bicyclic) bond motifs is 13. The molecular formula is C142H92N4O2. The predicted molar refractivity (Wildman–Crippen MR) is 622 cm³/mol. The second kappa shape index (κ2) is 36.4. The number of aromatic nitrogens is 2. The van der Waals surface area contributed by atoms with E-state index in [0.29, 0.717) is 0 Å². The molecule has 0 fully saturated rings. The molecular weight excluding hydrogens is 1790 g/mol. The molecule has 692 valence electrons. The first-order valence-corrected chi connectivity index (χ1v) is 50.7. The summed E-state index contributed by atoms with van der Waals surface area (Å²) in [6.45, 7) is 0. The van der Waals surface area contributed by atoms with E-state index in [2.05, 4.69) is 565 Å². The average Bonchev–Trinajstić information content (AvgIpc) is 1.60. The van der Waals surface area contributed by atoms with Gasteiger partial charge in [0.25, 0.3) is 0 Å². The lowest BCUT2D eigenvalue weighted by Crippen LogP contribution is -2.11. The Balaban J connectivity index is 0.470. The summed E-state index contributed by atoms with van der Waals surface area (Å²) in [6, 6.07) is 204. The highest BCUT2D eigenvalue weighted by molar-refractivity contribution is 6.18. The van der Waals surface area contributed by atoms with Gasteiger partial charge in [-0.1, -0.05) is 425 Å². The van der Waals surface area contributed by atoms with Gasteiger partial charge in [-0.3, -0.25) is 0 Å². The van der Waals surface area contributed by atoms with E-state index in [1.807, 2.05) is 12.1 Å². The van der Waals surface area contributed by atoms with Crippen molar-refractivity contribution in [2.24, 2.45) is 0 Å². The molecule has 28 rings (SSSR count). The third kappa shape index (κ3) is 15.1. The summed E-state index contributed by atoms with van der Waals surface area (Å²) >= 11 is 0. The Hall–Kier alpha value is -19.7. The van der Waals surface area contributed by atoms with Gasteiger partial charge in [0.05, 0.1) is 39.1 Å². The SMILES string of the molecule is c1ccc(-c2ccc(-c3ccccc3N(c3ccc(-c4ccc(-c5ccc(-c6ccc7cc(-c8ccc(N(c9ccc(-c%10ccc(-c%11cccc%12c%11oc%11ccccc%11%12)cc%10)cc9)c9ccc(-c%10ccccc%10-c%10ccccc%10-n%10c%11ccccc%11c%11ccccc%11%10)cc9)cc8)ccc7c6)c6c5oc5ccccc56)cc4)cc3)c3ccc(-c4ccccc4-c4ccccc4-n4c5ccccc5c5ccccc54)cc3)cc2)cc1. The van der Waals surface area contributed by atoms with Crippen LogP contribution in [0.1, 0.15) is 0 Å². The number of furan rings is 2. The van der Waals surface area contributed by atoms with Gasteiger partial charge in [-0.25, -0.2) is 0 Å². The molecule has 0 amide bonds. The molecule has 4 aromatic heterocycles. The van der Waals surface area contributed by atoms with Crippen molar-refractivity contribution in [3.05, 3.63) is 558 Å². The lowest BCUT2D eigenvalue weighted by molar-refractivity contribution is 0.669. The highest BCUT2D eigenvalue weighted by Gasteiger charge is 2.27. The van der Waals surface area contributed by atoms with Gasteiger partial charge in [-0.05, 0) is 250 Å². The number of rotatable bonds is 20. The van der Waals surface area contributed by atoms with E-state index in [1.165, 1.54) is 54.7 Å². The lowest BCUT2D eigenvalue weighted by Gasteiger charge is -2.28. The minimum atomic E-state index is 0.852. The molecule has 0 atom stereocenters. The summed E-state index contributed by atoms with van der Waals surface area (Å²) in [5.74, 6) is 0. The molecule has 0 aliphatic rings. The zero-order valence-corrected chi connectivity index (χ0v) is 80.7. The fourth-order valence-electron chi connectivity index (χ4n) is 22.9. The number of nitrogens with zero attached hydrogens (tertiary/aromatic N) is 4. The Morgan fingerprint density at radius 3 is 0.905 bits per heavy atom. The first-order chi connectivity index (χ1) is 73.4. The van der Waals surface area contributed by atoms with Crippen molar-refractivity contribution in [3.8, 4) is 145 Å². The summed E-state index contributed by atoms with van der Waals surface area (Å²) in [5.41, 5.74) is 43.9. The maximum atomic E-state index is 7.01. The number of anilines is 6. The third-order valence-electron chi connectivity index (χ3n) is 30.1. The number of benzene rings is 24. The molecule has 0 bridgehead atoms. The first kappa shape index (κ1) is 86.2.